The van der Waals surface area contributed by atoms with Crippen molar-refractivity contribution in [3.63, 3.8) is 0 Å². The Labute approximate surface area is 123 Å². The molecule has 1 aromatic rings. The molecule has 1 atom stereocenters. The summed E-state index contributed by atoms with van der Waals surface area (Å²) in [5, 5.41) is 3.51. The van der Waals surface area contributed by atoms with Gasteiger partial charge in [-0.2, -0.15) is 0 Å². The van der Waals surface area contributed by atoms with E-state index in [-0.39, 0.29) is 0 Å². The second kappa shape index (κ2) is 7.07. The highest BCUT2D eigenvalue weighted by atomic mass is 15.2. The molecule has 3 nitrogen and oxygen atoms in total. The van der Waals surface area contributed by atoms with Crippen molar-refractivity contribution in [2.75, 3.05) is 11.4 Å². The highest BCUT2D eigenvalue weighted by Gasteiger charge is 2.22. The van der Waals surface area contributed by atoms with Crippen molar-refractivity contribution in [1.29, 1.82) is 0 Å². The van der Waals surface area contributed by atoms with Crippen LogP contribution < -0.4 is 10.2 Å². The van der Waals surface area contributed by atoms with Crippen molar-refractivity contribution in [2.45, 2.75) is 72.0 Å². The molecule has 1 N–H and O–H groups in total. The zero-order valence-corrected chi connectivity index (χ0v) is 13.4. The lowest BCUT2D eigenvalue weighted by Crippen LogP contribution is -2.28. The molecule has 2 heterocycles. The maximum Gasteiger partial charge on any atom is 0.129 e. The summed E-state index contributed by atoms with van der Waals surface area (Å²) in [6.45, 7) is 11.0. The number of aromatic nitrogens is 1. The van der Waals surface area contributed by atoms with Crippen LogP contribution in [-0.4, -0.2) is 23.6 Å². The van der Waals surface area contributed by atoms with Crippen LogP contribution in [0.2, 0.25) is 0 Å². The summed E-state index contributed by atoms with van der Waals surface area (Å²) in [6, 6.07) is 5.69. The number of hydrogen-bond donors (Lipinski definition) is 1. The van der Waals surface area contributed by atoms with Gasteiger partial charge in [-0.1, -0.05) is 27.2 Å². The van der Waals surface area contributed by atoms with Crippen LogP contribution in [0.3, 0.4) is 0 Å². The number of anilines is 1. The van der Waals surface area contributed by atoms with E-state index in [2.05, 4.69) is 50.0 Å². The highest BCUT2D eigenvalue weighted by Crippen LogP contribution is 2.25. The Kier molecular flexibility index (Phi) is 5.41. The Morgan fingerprint density at radius 1 is 1.40 bits per heavy atom. The predicted molar refractivity (Wildman–Crippen MR) is 86.2 cm³/mol. The lowest BCUT2D eigenvalue weighted by atomic mass is 10.1. The molecule has 2 rings (SSSR count). The lowest BCUT2D eigenvalue weighted by molar-refractivity contribution is 0.587. The standard InChI is InChI=1S/C17H29N3/c1-5-7-16-10-15(12-18-13(2)3)11-17(19-16)20-9-6-8-14(20)4/h10-11,13-14,18H,5-9,12H2,1-4H3. The van der Waals surface area contributed by atoms with Crippen LogP contribution in [0.5, 0.6) is 0 Å². The molecule has 1 saturated heterocycles. The van der Waals surface area contributed by atoms with Crippen LogP contribution in [0, 0.1) is 0 Å². The fourth-order valence-corrected chi connectivity index (χ4v) is 2.86. The Bertz CT molecular complexity index is 428. The first-order chi connectivity index (χ1) is 9.60. The maximum atomic E-state index is 4.88. The monoisotopic (exact) mass is 275 g/mol. The van der Waals surface area contributed by atoms with Crippen molar-refractivity contribution in [2.24, 2.45) is 0 Å². The van der Waals surface area contributed by atoms with Crippen LogP contribution >= 0.6 is 0 Å². The van der Waals surface area contributed by atoms with E-state index in [0.29, 0.717) is 12.1 Å². The van der Waals surface area contributed by atoms with Crippen LogP contribution in [0.1, 0.15) is 58.2 Å². The Hall–Kier alpha value is -1.09. The number of nitrogens with zero attached hydrogens (tertiary/aromatic N) is 2. The molecule has 1 aliphatic heterocycles. The second-order valence-electron chi connectivity index (χ2n) is 6.30. The zero-order valence-electron chi connectivity index (χ0n) is 13.4. The third-order valence-corrected chi connectivity index (χ3v) is 3.99. The zero-order chi connectivity index (χ0) is 14.5. The topological polar surface area (TPSA) is 28.2 Å². The highest BCUT2D eigenvalue weighted by molar-refractivity contribution is 5.44. The van der Waals surface area contributed by atoms with E-state index in [1.807, 2.05) is 0 Å². The van der Waals surface area contributed by atoms with Crippen molar-refractivity contribution < 1.29 is 0 Å². The van der Waals surface area contributed by atoms with E-state index >= 15 is 0 Å². The van der Waals surface area contributed by atoms with E-state index in [9.17, 15) is 0 Å². The molecule has 20 heavy (non-hydrogen) atoms. The van der Waals surface area contributed by atoms with Gasteiger partial charge in [0.15, 0.2) is 0 Å². The quantitative estimate of drug-likeness (QED) is 0.861. The minimum atomic E-state index is 0.520. The fourth-order valence-electron chi connectivity index (χ4n) is 2.86. The normalized spacial score (nSPS) is 19.1. The van der Waals surface area contributed by atoms with Crippen LogP contribution in [0.4, 0.5) is 5.82 Å². The molecule has 0 saturated carbocycles. The minimum Gasteiger partial charge on any atom is -0.354 e. The molecule has 0 spiro atoms. The predicted octanol–water partition coefficient (Wildman–Crippen LogP) is 3.52. The van der Waals surface area contributed by atoms with Gasteiger partial charge in [-0.25, -0.2) is 4.98 Å². The summed E-state index contributed by atoms with van der Waals surface area (Å²) < 4.78 is 0. The molecular formula is C17H29N3. The van der Waals surface area contributed by atoms with E-state index < -0.39 is 0 Å². The molecule has 0 radical (unpaired) electrons. The van der Waals surface area contributed by atoms with E-state index in [4.69, 9.17) is 4.98 Å². The first-order valence-corrected chi connectivity index (χ1v) is 8.10. The molecule has 0 aliphatic carbocycles. The molecule has 112 valence electrons. The number of aryl methyl sites for hydroxylation is 1. The van der Waals surface area contributed by atoms with Gasteiger partial charge in [0.1, 0.15) is 5.82 Å². The molecule has 3 heteroatoms. The van der Waals surface area contributed by atoms with Gasteiger partial charge in [-0.15, -0.1) is 0 Å². The largest absolute Gasteiger partial charge is 0.354 e. The molecular weight excluding hydrogens is 246 g/mol. The molecule has 1 aliphatic rings. The van der Waals surface area contributed by atoms with Crippen LogP contribution in [0.15, 0.2) is 12.1 Å². The van der Waals surface area contributed by atoms with Gasteiger partial charge < -0.3 is 10.2 Å². The first kappa shape index (κ1) is 15.3. The third kappa shape index (κ3) is 3.95. The van der Waals surface area contributed by atoms with Gasteiger partial charge in [0.05, 0.1) is 0 Å². The third-order valence-electron chi connectivity index (χ3n) is 3.99. The fraction of sp³-hybridized carbons (Fsp3) is 0.706. The minimum absolute atomic E-state index is 0.520. The van der Waals surface area contributed by atoms with Gasteiger partial charge in [0.2, 0.25) is 0 Å². The smallest absolute Gasteiger partial charge is 0.129 e. The molecule has 1 fully saturated rings. The van der Waals surface area contributed by atoms with Gasteiger partial charge in [0, 0.05) is 30.9 Å². The van der Waals surface area contributed by atoms with Gasteiger partial charge in [-0.3, -0.25) is 0 Å². The van der Waals surface area contributed by atoms with Crippen molar-refractivity contribution in [3.8, 4) is 0 Å². The van der Waals surface area contributed by atoms with Crippen molar-refractivity contribution in [1.82, 2.24) is 10.3 Å². The Morgan fingerprint density at radius 3 is 2.80 bits per heavy atom. The SMILES string of the molecule is CCCc1cc(CNC(C)C)cc(N2CCCC2C)n1. The molecule has 1 aromatic heterocycles. The molecule has 0 aromatic carbocycles. The van der Waals surface area contributed by atoms with Crippen LogP contribution in [0.25, 0.3) is 0 Å². The second-order valence-corrected chi connectivity index (χ2v) is 6.30. The lowest BCUT2D eigenvalue weighted by Gasteiger charge is -2.24. The van der Waals surface area contributed by atoms with Gasteiger partial charge >= 0.3 is 0 Å². The number of pyridine rings is 1. The first-order valence-electron chi connectivity index (χ1n) is 8.10. The molecule has 0 amide bonds. The van der Waals surface area contributed by atoms with E-state index in [0.717, 1.165) is 25.9 Å². The number of hydrogen-bond acceptors (Lipinski definition) is 3. The molecule has 1 unspecified atom stereocenters. The summed E-state index contributed by atoms with van der Waals surface area (Å²) in [5.74, 6) is 1.18. The Balaban J connectivity index is 2.20. The summed E-state index contributed by atoms with van der Waals surface area (Å²) in [5.41, 5.74) is 2.61. The van der Waals surface area contributed by atoms with E-state index in [1.165, 1.54) is 29.9 Å². The summed E-state index contributed by atoms with van der Waals surface area (Å²) in [7, 11) is 0. The van der Waals surface area contributed by atoms with E-state index in [1.54, 1.807) is 0 Å². The summed E-state index contributed by atoms with van der Waals surface area (Å²) in [6.07, 6.45) is 4.81. The van der Waals surface area contributed by atoms with Gasteiger partial charge in [0.25, 0.3) is 0 Å². The van der Waals surface area contributed by atoms with Crippen molar-refractivity contribution >= 4 is 5.82 Å². The molecule has 0 bridgehead atoms. The summed E-state index contributed by atoms with van der Waals surface area (Å²) >= 11 is 0. The summed E-state index contributed by atoms with van der Waals surface area (Å²) in [4.78, 5) is 7.35. The van der Waals surface area contributed by atoms with Crippen molar-refractivity contribution in [3.05, 3.63) is 23.4 Å². The average Bonchev–Trinajstić information content (AvgIpc) is 2.83. The van der Waals surface area contributed by atoms with Gasteiger partial charge in [-0.05, 0) is 43.9 Å². The van der Waals surface area contributed by atoms with Crippen LogP contribution in [-0.2, 0) is 13.0 Å². The average molecular weight is 275 g/mol. The number of nitrogens with one attached hydrogen (secondary N) is 1. The Morgan fingerprint density at radius 2 is 2.20 bits per heavy atom. The number of rotatable bonds is 6. The maximum absolute atomic E-state index is 4.88.